The van der Waals surface area contributed by atoms with Gasteiger partial charge in [0.2, 0.25) is 5.88 Å². The fourth-order valence-electron chi connectivity index (χ4n) is 3.78. The highest BCUT2D eigenvalue weighted by Gasteiger charge is 2.54. The molecule has 1 saturated heterocycles. The minimum atomic E-state index is -4.63. The molecule has 0 aliphatic carbocycles. The van der Waals surface area contributed by atoms with Gasteiger partial charge in [-0.05, 0) is 46.8 Å². The van der Waals surface area contributed by atoms with E-state index in [4.69, 9.17) is 14.0 Å². The van der Waals surface area contributed by atoms with Crippen LogP contribution in [0.2, 0.25) is 0 Å². The summed E-state index contributed by atoms with van der Waals surface area (Å²) in [6.07, 6.45) is -3.09. The zero-order chi connectivity index (χ0) is 23.6. The topological polar surface area (TPSA) is 78.7 Å². The maximum Gasteiger partial charge on any atom is 0.498 e. The summed E-state index contributed by atoms with van der Waals surface area (Å²) in [5.74, 6) is -1.00. The van der Waals surface area contributed by atoms with Crippen LogP contribution in [0.5, 0.6) is 5.88 Å². The second-order valence-electron chi connectivity index (χ2n) is 8.97. The fraction of sp³-hybridized carbons (Fsp3) is 0.550. The van der Waals surface area contributed by atoms with Crippen molar-refractivity contribution in [1.82, 2.24) is 14.8 Å². The number of fused-ring (bicyclic) bond motifs is 1. The molecular formula is C20H24BF3N4O4. The Morgan fingerprint density at radius 3 is 2.38 bits per heavy atom. The van der Waals surface area contributed by atoms with Gasteiger partial charge in [-0.25, -0.2) is 0 Å². The lowest BCUT2D eigenvalue weighted by Gasteiger charge is -2.32. The summed E-state index contributed by atoms with van der Waals surface area (Å²) in [5, 5.41) is 4.35. The first-order chi connectivity index (χ1) is 14.8. The Morgan fingerprint density at radius 2 is 1.81 bits per heavy atom. The molecule has 4 rings (SSSR count). The molecule has 2 aromatic heterocycles. The van der Waals surface area contributed by atoms with E-state index in [1.165, 1.54) is 11.1 Å². The van der Waals surface area contributed by atoms with Gasteiger partial charge >= 0.3 is 13.3 Å². The summed E-state index contributed by atoms with van der Waals surface area (Å²) in [6, 6.07) is 1.77. The third-order valence-electron chi connectivity index (χ3n) is 6.26. The highest BCUT2D eigenvalue weighted by atomic mass is 19.4. The first-order valence-electron chi connectivity index (χ1n) is 10.1. The molecule has 1 fully saturated rings. The van der Waals surface area contributed by atoms with Crippen molar-refractivity contribution in [3.8, 4) is 5.88 Å². The molecule has 2 aromatic rings. The quantitative estimate of drug-likeness (QED) is 0.667. The van der Waals surface area contributed by atoms with Gasteiger partial charge in [0.15, 0.2) is 0 Å². The second kappa shape index (κ2) is 7.21. The van der Waals surface area contributed by atoms with Crippen molar-refractivity contribution in [2.75, 3.05) is 18.6 Å². The third kappa shape index (κ3) is 3.45. The molecule has 0 spiro atoms. The average molecular weight is 452 g/mol. The smallest absolute Gasteiger partial charge is 0.481 e. The van der Waals surface area contributed by atoms with E-state index >= 15 is 0 Å². The van der Waals surface area contributed by atoms with Gasteiger partial charge in [0.25, 0.3) is 5.91 Å². The van der Waals surface area contributed by atoms with Crippen LogP contribution in [0.25, 0.3) is 0 Å². The molecule has 2 aliphatic rings. The molecule has 1 atom stereocenters. The minimum absolute atomic E-state index is 0.0546. The molecule has 4 heterocycles. The van der Waals surface area contributed by atoms with Gasteiger partial charge in [-0.1, -0.05) is 0 Å². The number of pyridine rings is 1. The molecule has 2 aliphatic heterocycles. The number of aromatic nitrogens is 3. The van der Waals surface area contributed by atoms with E-state index in [-0.39, 0.29) is 24.1 Å². The highest BCUT2D eigenvalue weighted by molar-refractivity contribution is 6.63. The van der Waals surface area contributed by atoms with Crippen molar-refractivity contribution in [1.29, 1.82) is 0 Å². The van der Waals surface area contributed by atoms with Crippen LogP contribution in [0.3, 0.4) is 0 Å². The molecule has 32 heavy (non-hydrogen) atoms. The Labute approximate surface area is 183 Å². The number of carbonyl (C=O) groups is 1. The number of rotatable bonds is 3. The second-order valence-corrected chi connectivity index (χ2v) is 8.97. The number of ether oxygens (including phenoxy) is 1. The molecular weight excluding hydrogens is 428 g/mol. The van der Waals surface area contributed by atoms with Crippen molar-refractivity contribution in [2.45, 2.75) is 58.0 Å². The van der Waals surface area contributed by atoms with Crippen molar-refractivity contribution in [3.05, 3.63) is 29.6 Å². The van der Waals surface area contributed by atoms with Crippen LogP contribution >= 0.6 is 0 Å². The van der Waals surface area contributed by atoms with Gasteiger partial charge in [0.05, 0.1) is 24.4 Å². The van der Waals surface area contributed by atoms with Crippen LogP contribution in [-0.4, -0.2) is 52.6 Å². The molecule has 0 saturated carbocycles. The van der Waals surface area contributed by atoms with E-state index in [2.05, 4.69) is 10.1 Å². The number of methoxy groups -OCH3 is 1. The lowest BCUT2D eigenvalue weighted by Crippen LogP contribution is -2.48. The van der Waals surface area contributed by atoms with Crippen LogP contribution < -0.4 is 15.1 Å². The first kappa shape index (κ1) is 22.6. The van der Waals surface area contributed by atoms with Gasteiger partial charge < -0.3 is 14.0 Å². The lowest BCUT2D eigenvalue weighted by molar-refractivity contribution is -0.139. The number of nitrogens with zero attached hydrogens (tertiary/aromatic N) is 4. The maximum atomic E-state index is 13.5. The van der Waals surface area contributed by atoms with E-state index in [1.54, 1.807) is 4.68 Å². The molecule has 12 heteroatoms. The molecule has 0 N–H and O–H groups in total. The zero-order valence-electron chi connectivity index (χ0n) is 18.6. The van der Waals surface area contributed by atoms with Gasteiger partial charge in [-0.3, -0.25) is 14.4 Å². The Kier molecular flexibility index (Phi) is 5.09. The maximum absolute atomic E-state index is 13.5. The third-order valence-corrected chi connectivity index (χ3v) is 6.26. The number of anilines is 1. The standard InChI is InChI=1S/C20H24BF3N4O4/c1-11-10-27(14-8-7-12(20(22,23)24)16(26-14)30-6)17(29)15-13(9-25-28(11)15)21-31-18(2,3)19(4,5)32-21/h7-9,11H,10H2,1-6H3/t11-/m0/s1. The molecule has 0 unspecified atom stereocenters. The SMILES string of the molecule is COc1nc(N2C[C@H](C)n3ncc(B4OC(C)(C)C(C)(C)O4)c3C2=O)ccc1C(F)(F)F. The van der Waals surface area contributed by atoms with Crippen molar-refractivity contribution >= 4 is 24.3 Å². The molecule has 0 aromatic carbocycles. The normalized spacial score (nSPS) is 22.3. The average Bonchev–Trinajstić information content (AvgIpc) is 3.22. The van der Waals surface area contributed by atoms with E-state index in [0.717, 1.165) is 19.2 Å². The Balaban J connectivity index is 1.73. The van der Waals surface area contributed by atoms with Crippen molar-refractivity contribution in [2.24, 2.45) is 0 Å². The molecule has 0 bridgehead atoms. The van der Waals surface area contributed by atoms with Crippen LogP contribution in [0.1, 0.15) is 56.7 Å². The summed E-state index contributed by atoms with van der Waals surface area (Å²) in [6.45, 7) is 9.63. The largest absolute Gasteiger partial charge is 0.498 e. The first-order valence-corrected chi connectivity index (χ1v) is 10.1. The Morgan fingerprint density at radius 1 is 1.19 bits per heavy atom. The summed E-state index contributed by atoms with van der Waals surface area (Å²) in [4.78, 5) is 18.7. The predicted molar refractivity (Wildman–Crippen MR) is 110 cm³/mol. The lowest BCUT2D eigenvalue weighted by atomic mass is 9.78. The van der Waals surface area contributed by atoms with Gasteiger partial charge in [0, 0.05) is 18.2 Å². The summed E-state index contributed by atoms with van der Waals surface area (Å²) in [5.41, 5.74) is -1.52. The molecule has 8 nitrogen and oxygen atoms in total. The van der Waals surface area contributed by atoms with E-state index in [0.29, 0.717) is 5.46 Å². The number of hydrogen-bond acceptors (Lipinski definition) is 6. The number of amides is 1. The van der Waals surface area contributed by atoms with Crippen LogP contribution in [0, 0.1) is 0 Å². The summed E-state index contributed by atoms with van der Waals surface area (Å²) < 4.78 is 58.2. The Bertz CT molecular complexity index is 1050. The summed E-state index contributed by atoms with van der Waals surface area (Å²) in [7, 11) is 0.294. The van der Waals surface area contributed by atoms with Gasteiger partial charge in [0.1, 0.15) is 17.1 Å². The van der Waals surface area contributed by atoms with E-state index in [9.17, 15) is 18.0 Å². The molecule has 1 amide bonds. The van der Waals surface area contributed by atoms with Crippen LogP contribution in [0.4, 0.5) is 19.0 Å². The molecule has 172 valence electrons. The van der Waals surface area contributed by atoms with Crippen molar-refractivity contribution < 1.29 is 32.0 Å². The van der Waals surface area contributed by atoms with E-state index < -0.39 is 41.8 Å². The van der Waals surface area contributed by atoms with Gasteiger partial charge in [-0.15, -0.1) is 0 Å². The number of halogens is 3. The molecule has 0 radical (unpaired) electrons. The van der Waals surface area contributed by atoms with E-state index in [1.807, 2.05) is 34.6 Å². The van der Waals surface area contributed by atoms with Crippen molar-refractivity contribution in [3.63, 3.8) is 0 Å². The minimum Gasteiger partial charge on any atom is -0.481 e. The van der Waals surface area contributed by atoms with Gasteiger partial charge in [-0.2, -0.15) is 23.3 Å². The number of alkyl halides is 3. The highest BCUT2D eigenvalue weighted by Crippen LogP contribution is 2.38. The zero-order valence-corrected chi connectivity index (χ0v) is 18.6. The predicted octanol–water partition coefficient (Wildman–Crippen LogP) is 2.83. The summed E-state index contributed by atoms with van der Waals surface area (Å²) >= 11 is 0. The number of hydrogen-bond donors (Lipinski definition) is 0. The van der Waals surface area contributed by atoms with Crippen LogP contribution in [0.15, 0.2) is 18.3 Å². The fourth-order valence-corrected chi connectivity index (χ4v) is 3.78. The monoisotopic (exact) mass is 452 g/mol. The Hall–Kier alpha value is -2.60. The van der Waals surface area contributed by atoms with Crippen LogP contribution in [-0.2, 0) is 15.5 Å². The number of carbonyl (C=O) groups excluding carboxylic acids is 1.